The molecule has 0 atom stereocenters. The van der Waals surface area contributed by atoms with E-state index >= 15 is 0 Å². The summed E-state index contributed by atoms with van der Waals surface area (Å²) < 4.78 is 25.3. The van der Waals surface area contributed by atoms with Crippen molar-refractivity contribution in [1.29, 1.82) is 0 Å². The molecule has 0 aromatic carbocycles. The summed E-state index contributed by atoms with van der Waals surface area (Å²) in [6.07, 6.45) is 0. The average Bonchev–Trinajstić information content (AvgIpc) is 2.26. The van der Waals surface area contributed by atoms with Crippen LogP contribution in [0.4, 0.5) is 0 Å². The van der Waals surface area contributed by atoms with Gasteiger partial charge in [0.05, 0.1) is 52.9 Å². The summed E-state index contributed by atoms with van der Waals surface area (Å²) in [5, 5.41) is 0. The van der Waals surface area contributed by atoms with Crippen LogP contribution in [0.1, 0.15) is 0 Å². The van der Waals surface area contributed by atoms with Crippen LogP contribution in [0.5, 0.6) is 0 Å². The quantitative estimate of drug-likeness (QED) is 0.357. The average molecular weight is 247 g/mol. The Balaban J connectivity index is 0. The van der Waals surface area contributed by atoms with Crippen molar-refractivity contribution in [2.24, 2.45) is 0 Å². The van der Waals surface area contributed by atoms with Gasteiger partial charge in [0, 0.05) is 37.3 Å². The Hall–Kier alpha value is 0.566. The van der Waals surface area contributed by atoms with Gasteiger partial charge in [-0.2, -0.15) is 0 Å². The van der Waals surface area contributed by atoms with E-state index in [1.54, 1.807) is 14.2 Å². The fourth-order valence-corrected chi connectivity index (χ4v) is 0.826. The molecule has 0 heterocycles. The molecule has 5 nitrogen and oxygen atoms in total. The summed E-state index contributed by atoms with van der Waals surface area (Å²) in [4.78, 5) is 0. The first-order chi connectivity index (χ1) is 7.41. The second kappa shape index (κ2) is 17.9. The van der Waals surface area contributed by atoms with Crippen LogP contribution < -0.4 is 0 Å². The molecule has 0 aliphatic carbocycles. The lowest BCUT2D eigenvalue weighted by molar-refractivity contribution is -0.00380. The van der Waals surface area contributed by atoms with Gasteiger partial charge in [-0.25, -0.2) is 0 Å². The molecule has 0 aliphatic heterocycles. The van der Waals surface area contributed by atoms with Crippen molar-refractivity contribution in [2.75, 3.05) is 67.1 Å². The van der Waals surface area contributed by atoms with Gasteiger partial charge in [0.1, 0.15) is 0 Å². The van der Waals surface area contributed by atoms with Crippen LogP contribution in [0, 0.1) is 0 Å². The van der Waals surface area contributed by atoms with Crippen LogP contribution in [-0.4, -0.2) is 90.1 Å². The highest BCUT2D eigenvalue weighted by Gasteiger charge is 1.91. The minimum Gasteiger partial charge on any atom is -0.382 e. The lowest BCUT2D eigenvalue weighted by atomic mass is 10.7. The van der Waals surface area contributed by atoms with Crippen molar-refractivity contribution >= 4 is 23.1 Å². The van der Waals surface area contributed by atoms with Crippen LogP contribution >= 0.6 is 0 Å². The van der Waals surface area contributed by atoms with Crippen LogP contribution in [-0.2, 0) is 23.7 Å². The second-order valence-corrected chi connectivity index (χ2v) is 2.82. The molecule has 94 valence electrons. The monoisotopic (exact) mass is 246 g/mol. The molecule has 0 saturated heterocycles. The highest BCUT2D eigenvalue weighted by atomic mass is 24.3. The molecule has 6 heteroatoms. The van der Waals surface area contributed by atoms with E-state index in [0.717, 1.165) is 0 Å². The summed E-state index contributed by atoms with van der Waals surface area (Å²) in [5.74, 6) is 0. The molecule has 2 radical (unpaired) electrons. The summed E-state index contributed by atoms with van der Waals surface area (Å²) in [6.45, 7) is 4.87. The zero-order valence-electron chi connectivity index (χ0n) is 10.4. The van der Waals surface area contributed by atoms with Gasteiger partial charge in [-0.15, -0.1) is 0 Å². The van der Waals surface area contributed by atoms with Crippen molar-refractivity contribution < 1.29 is 23.7 Å². The molecular formula is C10H22MgO5. The lowest BCUT2D eigenvalue weighted by Gasteiger charge is -2.06. The summed E-state index contributed by atoms with van der Waals surface area (Å²) in [6, 6.07) is 0. The minimum atomic E-state index is 0. The molecule has 0 unspecified atom stereocenters. The highest BCUT2D eigenvalue weighted by Crippen LogP contribution is 1.81. The van der Waals surface area contributed by atoms with Crippen LogP contribution in [0.25, 0.3) is 0 Å². The topological polar surface area (TPSA) is 46.2 Å². The molecule has 0 rings (SSSR count). The predicted octanol–water partition coefficient (Wildman–Crippen LogP) is -0.0518. The van der Waals surface area contributed by atoms with Crippen molar-refractivity contribution in [3.63, 3.8) is 0 Å². The van der Waals surface area contributed by atoms with Crippen molar-refractivity contribution in [3.05, 3.63) is 0 Å². The third-order valence-electron chi connectivity index (χ3n) is 1.61. The van der Waals surface area contributed by atoms with Gasteiger partial charge in [-0.3, -0.25) is 0 Å². The van der Waals surface area contributed by atoms with Crippen LogP contribution in [0.2, 0.25) is 0 Å². The molecule has 0 fully saturated rings. The smallest absolute Gasteiger partial charge is 0.0701 e. The van der Waals surface area contributed by atoms with Crippen molar-refractivity contribution in [2.45, 2.75) is 0 Å². The Morgan fingerprint density at radius 1 is 0.500 bits per heavy atom. The highest BCUT2D eigenvalue weighted by molar-refractivity contribution is 5.75. The van der Waals surface area contributed by atoms with Gasteiger partial charge >= 0.3 is 0 Å². The molecular weight excluding hydrogens is 224 g/mol. The van der Waals surface area contributed by atoms with Gasteiger partial charge in [-0.05, 0) is 0 Å². The standard InChI is InChI=1S/C10H22O5.Mg/c1-11-3-5-13-7-9-15-10-8-14-6-4-12-2;/h3-10H2,1-2H3;. The van der Waals surface area contributed by atoms with Gasteiger partial charge < -0.3 is 23.7 Å². The lowest BCUT2D eigenvalue weighted by Crippen LogP contribution is -2.12. The first kappa shape index (κ1) is 18.9. The first-order valence-electron chi connectivity index (χ1n) is 5.13. The molecule has 0 spiro atoms. The Labute approximate surface area is 114 Å². The SMILES string of the molecule is COCCOCCOCCOCCOC.[Mg]. The number of methoxy groups -OCH3 is 2. The van der Waals surface area contributed by atoms with Gasteiger partial charge in [0.2, 0.25) is 0 Å². The second-order valence-electron chi connectivity index (χ2n) is 2.82. The van der Waals surface area contributed by atoms with Gasteiger partial charge in [0.15, 0.2) is 0 Å². The largest absolute Gasteiger partial charge is 0.382 e. The molecule has 0 N–H and O–H groups in total. The Bertz CT molecular complexity index is 103. The van der Waals surface area contributed by atoms with Crippen molar-refractivity contribution in [3.8, 4) is 0 Å². The molecule has 0 bridgehead atoms. The van der Waals surface area contributed by atoms with Gasteiger partial charge in [0.25, 0.3) is 0 Å². The number of rotatable bonds is 12. The van der Waals surface area contributed by atoms with Crippen molar-refractivity contribution in [1.82, 2.24) is 0 Å². The molecule has 0 aromatic heterocycles. The maximum absolute atomic E-state index is 5.26. The van der Waals surface area contributed by atoms with E-state index in [0.29, 0.717) is 52.9 Å². The van der Waals surface area contributed by atoms with E-state index in [4.69, 9.17) is 23.7 Å². The Kier molecular flexibility index (Phi) is 21.2. The van der Waals surface area contributed by atoms with E-state index in [1.165, 1.54) is 0 Å². The fourth-order valence-electron chi connectivity index (χ4n) is 0.826. The van der Waals surface area contributed by atoms with E-state index in [1.807, 2.05) is 0 Å². The first-order valence-corrected chi connectivity index (χ1v) is 5.13. The van der Waals surface area contributed by atoms with Gasteiger partial charge in [-0.1, -0.05) is 0 Å². The van der Waals surface area contributed by atoms with E-state index in [2.05, 4.69) is 0 Å². The zero-order valence-corrected chi connectivity index (χ0v) is 11.8. The summed E-state index contributed by atoms with van der Waals surface area (Å²) in [5.41, 5.74) is 0. The van der Waals surface area contributed by atoms with E-state index in [9.17, 15) is 0 Å². The minimum absolute atomic E-state index is 0. The summed E-state index contributed by atoms with van der Waals surface area (Å²) >= 11 is 0. The Morgan fingerprint density at radius 3 is 1.00 bits per heavy atom. The maximum atomic E-state index is 5.26. The van der Waals surface area contributed by atoms with Crippen LogP contribution in [0.15, 0.2) is 0 Å². The molecule has 0 aromatic rings. The molecule has 0 saturated carbocycles. The third kappa shape index (κ3) is 17.0. The molecule has 0 aliphatic rings. The predicted molar refractivity (Wildman–Crippen MR) is 62.0 cm³/mol. The number of hydrogen-bond donors (Lipinski definition) is 0. The number of ether oxygens (including phenoxy) is 5. The maximum Gasteiger partial charge on any atom is 0.0701 e. The normalized spacial score (nSPS) is 10.1. The van der Waals surface area contributed by atoms with E-state index in [-0.39, 0.29) is 23.1 Å². The fraction of sp³-hybridized carbons (Fsp3) is 1.00. The Morgan fingerprint density at radius 2 is 0.750 bits per heavy atom. The number of hydrogen-bond acceptors (Lipinski definition) is 5. The van der Waals surface area contributed by atoms with Crippen LogP contribution in [0.3, 0.4) is 0 Å². The summed E-state index contributed by atoms with van der Waals surface area (Å²) in [7, 11) is 3.30. The third-order valence-corrected chi connectivity index (χ3v) is 1.61. The van der Waals surface area contributed by atoms with E-state index < -0.39 is 0 Å². The molecule has 16 heavy (non-hydrogen) atoms. The molecule has 0 amide bonds. The zero-order chi connectivity index (χ0) is 11.2.